The molecule has 0 radical (unpaired) electrons. The molecule has 1 aromatic carbocycles. The number of sulfonamides is 1. The van der Waals surface area contributed by atoms with Crippen LogP contribution in [0.5, 0.6) is 0 Å². The number of nitrogens with zero attached hydrogens (tertiary/aromatic N) is 1. The Balaban J connectivity index is 1.59. The topological polar surface area (TPSA) is 84.9 Å². The van der Waals surface area contributed by atoms with E-state index in [-0.39, 0.29) is 18.2 Å². The number of benzene rings is 1. The van der Waals surface area contributed by atoms with E-state index in [1.807, 2.05) is 26.8 Å². The minimum absolute atomic E-state index is 0.125. The SMILES string of the molecule is CC(C)(C)OC(=O)N1CC[C@H](NS(C)(=O)=O)[C@@H]1CO[C@H]1CC[C@@H](c2ccccc2)CC1. The highest BCUT2D eigenvalue weighted by Crippen LogP contribution is 2.34. The fraction of sp³-hybridized carbons (Fsp3) is 0.696. The largest absolute Gasteiger partial charge is 0.444 e. The Morgan fingerprint density at radius 1 is 1.10 bits per heavy atom. The Morgan fingerprint density at radius 3 is 2.32 bits per heavy atom. The van der Waals surface area contributed by atoms with Crippen LogP contribution < -0.4 is 4.72 Å². The van der Waals surface area contributed by atoms with Crippen molar-refractivity contribution in [1.82, 2.24) is 9.62 Å². The van der Waals surface area contributed by atoms with Gasteiger partial charge in [0, 0.05) is 12.6 Å². The summed E-state index contributed by atoms with van der Waals surface area (Å²) in [6, 6.07) is 9.82. The Hall–Kier alpha value is -1.64. The maximum Gasteiger partial charge on any atom is 0.410 e. The fourth-order valence-corrected chi connectivity index (χ4v) is 5.37. The maximum absolute atomic E-state index is 12.7. The molecule has 0 unspecified atom stereocenters. The molecule has 174 valence electrons. The number of carbonyl (C=O) groups is 1. The summed E-state index contributed by atoms with van der Waals surface area (Å²) in [5.74, 6) is 0.561. The van der Waals surface area contributed by atoms with Crippen molar-refractivity contribution < 1.29 is 22.7 Å². The monoisotopic (exact) mass is 452 g/mol. The minimum atomic E-state index is -3.39. The number of rotatable bonds is 6. The number of hydrogen-bond donors (Lipinski definition) is 1. The van der Waals surface area contributed by atoms with Gasteiger partial charge in [0.05, 0.1) is 25.0 Å². The third kappa shape index (κ3) is 7.19. The Labute approximate surface area is 186 Å². The number of carbonyl (C=O) groups excluding carboxylic acids is 1. The molecule has 1 amide bonds. The first-order valence-electron chi connectivity index (χ1n) is 11.2. The zero-order chi connectivity index (χ0) is 22.6. The highest BCUT2D eigenvalue weighted by molar-refractivity contribution is 7.88. The van der Waals surface area contributed by atoms with Crippen LogP contribution in [0, 0.1) is 0 Å². The van der Waals surface area contributed by atoms with Gasteiger partial charge in [-0.1, -0.05) is 30.3 Å². The van der Waals surface area contributed by atoms with Crippen molar-refractivity contribution in [2.45, 2.75) is 82.6 Å². The van der Waals surface area contributed by atoms with E-state index in [0.717, 1.165) is 31.9 Å². The van der Waals surface area contributed by atoms with Crippen molar-refractivity contribution in [3.05, 3.63) is 35.9 Å². The van der Waals surface area contributed by atoms with Crippen LogP contribution in [-0.4, -0.2) is 62.6 Å². The van der Waals surface area contributed by atoms with E-state index in [2.05, 4.69) is 29.0 Å². The minimum Gasteiger partial charge on any atom is -0.444 e. The highest BCUT2D eigenvalue weighted by Gasteiger charge is 2.41. The number of ether oxygens (including phenoxy) is 2. The van der Waals surface area contributed by atoms with Gasteiger partial charge in [0.2, 0.25) is 10.0 Å². The van der Waals surface area contributed by atoms with Crippen molar-refractivity contribution in [1.29, 1.82) is 0 Å². The Kier molecular flexibility index (Phi) is 7.65. The van der Waals surface area contributed by atoms with E-state index in [0.29, 0.717) is 25.5 Å². The van der Waals surface area contributed by atoms with Gasteiger partial charge < -0.3 is 14.4 Å². The van der Waals surface area contributed by atoms with Gasteiger partial charge in [0.15, 0.2) is 0 Å². The van der Waals surface area contributed by atoms with Crippen LogP contribution >= 0.6 is 0 Å². The van der Waals surface area contributed by atoms with E-state index >= 15 is 0 Å². The molecule has 2 fully saturated rings. The predicted octanol–water partition coefficient (Wildman–Crippen LogP) is 3.66. The van der Waals surface area contributed by atoms with Gasteiger partial charge in [-0.05, 0) is 64.4 Å². The molecule has 1 aromatic rings. The molecule has 0 spiro atoms. The lowest BCUT2D eigenvalue weighted by atomic mass is 9.83. The van der Waals surface area contributed by atoms with Gasteiger partial charge >= 0.3 is 6.09 Å². The van der Waals surface area contributed by atoms with Crippen molar-refractivity contribution >= 4 is 16.1 Å². The van der Waals surface area contributed by atoms with Crippen LogP contribution in [0.2, 0.25) is 0 Å². The van der Waals surface area contributed by atoms with E-state index in [9.17, 15) is 13.2 Å². The average Bonchev–Trinajstić information content (AvgIpc) is 3.07. The first-order valence-corrected chi connectivity index (χ1v) is 13.0. The van der Waals surface area contributed by atoms with Crippen molar-refractivity contribution in [3.63, 3.8) is 0 Å². The standard InChI is InChI=1S/C23H36N2O5S/c1-23(2,3)30-22(26)25-15-14-20(24-31(4,27)28)21(25)16-29-19-12-10-18(11-13-19)17-8-6-5-7-9-17/h5-9,18-21,24H,10-16H2,1-4H3/t18-,19+,20-,21-/m0/s1. The van der Waals surface area contributed by atoms with E-state index in [4.69, 9.17) is 9.47 Å². The van der Waals surface area contributed by atoms with Crippen LogP contribution in [0.15, 0.2) is 30.3 Å². The molecule has 1 N–H and O–H groups in total. The van der Waals surface area contributed by atoms with Gasteiger partial charge in [-0.25, -0.2) is 17.9 Å². The third-order valence-corrected chi connectivity index (χ3v) is 6.72. The van der Waals surface area contributed by atoms with E-state index in [1.165, 1.54) is 5.56 Å². The van der Waals surface area contributed by atoms with Gasteiger partial charge in [0.1, 0.15) is 5.60 Å². The number of nitrogens with one attached hydrogen (secondary N) is 1. The lowest BCUT2D eigenvalue weighted by molar-refractivity contribution is -0.0186. The Morgan fingerprint density at radius 2 is 1.74 bits per heavy atom. The molecule has 1 aliphatic heterocycles. The molecule has 1 saturated carbocycles. The quantitative estimate of drug-likeness (QED) is 0.712. The molecule has 2 atom stereocenters. The Bertz CT molecular complexity index is 829. The number of amides is 1. The number of likely N-dealkylation sites (tertiary alicyclic amines) is 1. The molecule has 1 heterocycles. The van der Waals surface area contributed by atoms with Crippen LogP contribution in [0.25, 0.3) is 0 Å². The molecule has 1 aliphatic carbocycles. The van der Waals surface area contributed by atoms with Crippen LogP contribution in [0.3, 0.4) is 0 Å². The summed E-state index contributed by atoms with van der Waals surface area (Å²) in [5.41, 5.74) is 0.769. The second-order valence-corrected chi connectivity index (χ2v) is 11.5. The third-order valence-electron chi connectivity index (χ3n) is 5.99. The van der Waals surface area contributed by atoms with Gasteiger partial charge in [-0.15, -0.1) is 0 Å². The van der Waals surface area contributed by atoms with Gasteiger partial charge in [-0.3, -0.25) is 0 Å². The van der Waals surface area contributed by atoms with Gasteiger partial charge in [0.25, 0.3) is 0 Å². The normalized spacial score (nSPS) is 27.3. The van der Waals surface area contributed by atoms with E-state index in [1.54, 1.807) is 4.90 Å². The summed E-state index contributed by atoms with van der Waals surface area (Å²) >= 11 is 0. The zero-order valence-electron chi connectivity index (χ0n) is 19.0. The second-order valence-electron chi connectivity index (χ2n) is 9.74. The smallest absolute Gasteiger partial charge is 0.410 e. The second kappa shape index (κ2) is 9.88. The molecule has 3 rings (SSSR count). The molecule has 0 aromatic heterocycles. The molecule has 7 nitrogen and oxygen atoms in total. The summed E-state index contributed by atoms with van der Waals surface area (Å²) in [6.45, 7) is 6.21. The molecule has 8 heteroatoms. The summed E-state index contributed by atoms with van der Waals surface area (Å²) in [4.78, 5) is 14.3. The fourth-order valence-electron chi connectivity index (χ4n) is 4.54. The molecule has 1 saturated heterocycles. The molecule has 31 heavy (non-hydrogen) atoms. The van der Waals surface area contributed by atoms with Gasteiger partial charge in [-0.2, -0.15) is 0 Å². The van der Waals surface area contributed by atoms with Crippen molar-refractivity contribution in [3.8, 4) is 0 Å². The summed E-state index contributed by atoms with van der Waals surface area (Å²) in [5, 5.41) is 0. The number of hydrogen-bond acceptors (Lipinski definition) is 5. The first-order chi connectivity index (χ1) is 14.5. The highest BCUT2D eigenvalue weighted by atomic mass is 32.2. The predicted molar refractivity (Wildman–Crippen MR) is 121 cm³/mol. The lowest BCUT2D eigenvalue weighted by Crippen LogP contribution is -2.50. The first kappa shape index (κ1) is 24.0. The van der Waals surface area contributed by atoms with E-state index < -0.39 is 21.7 Å². The molecule has 2 aliphatic rings. The van der Waals surface area contributed by atoms with Crippen LogP contribution in [0.4, 0.5) is 4.79 Å². The van der Waals surface area contributed by atoms with Crippen LogP contribution in [-0.2, 0) is 19.5 Å². The summed E-state index contributed by atoms with van der Waals surface area (Å²) < 4.78 is 38.1. The zero-order valence-corrected chi connectivity index (χ0v) is 19.9. The maximum atomic E-state index is 12.7. The van der Waals surface area contributed by atoms with Crippen molar-refractivity contribution in [2.24, 2.45) is 0 Å². The lowest BCUT2D eigenvalue weighted by Gasteiger charge is -2.33. The summed E-state index contributed by atoms with van der Waals surface area (Å²) in [6.07, 6.45) is 5.45. The molecular weight excluding hydrogens is 416 g/mol. The summed E-state index contributed by atoms with van der Waals surface area (Å²) in [7, 11) is -3.39. The van der Waals surface area contributed by atoms with Crippen LogP contribution in [0.1, 0.15) is 64.4 Å². The molecule has 0 bridgehead atoms. The van der Waals surface area contributed by atoms with Crippen molar-refractivity contribution in [2.75, 3.05) is 19.4 Å². The average molecular weight is 453 g/mol. The molecular formula is C23H36N2O5S.